The van der Waals surface area contributed by atoms with E-state index >= 15 is 0 Å². The van der Waals surface area contributed by atoms with Crippen LogP contribution in [0.25, 0.3) is 5.57 Å². The van der Waals surface area contributed by atoms with Crippen LogP contribution in [-0.2, 0) is 9.59 Å². The number of hydrogen-bond donors (Lipinski definition) is 1. The van der Waals surface area contributed by atoms with Crippen LogP contribution in [0.1, 0.15) is 41.7 Å². The lowest BCUT2D eigenvalue weighted by Gasteiger charge is -2.20. The van der Waals surface area contributed by atoms with Crippen molar-refractivity contribution in [3.8, 4) is 5.75 Å². The lowest BCUT2D eigenvalue weighted by molar-refractivity contribution is -0.120. The van der Waals surface area contributed by atoms with E-state index in [0.717, 1.165) is 27.9 Å². The highest BCUT2D eigenvalue weighted by Gasteiger charge is 2.41. The molecule has 3 aromatic carbocycles. The lowest BCUT2D eigenvalue weighted by atomic mass is 9.99. The molecule has 2 amide bonds. The van der Waals surface area contributed by atoms with Gasteiger partial charge in [-0.2, -0.15) is 0 Å². The van der Waals surface area contributed by atoms with E-state index < -0.39 is 5.91 Å². The number of para-hydroxylation sites is 2. The molecule has 0 spiro atoms. The van der Waals surface area contributed by atoms with E-state index in [1.54, 1.807) is 18.2 Å². The van der Waals surface area contributed by atoms with Gasteiger partial charge in [-0.15, -0.1) is 0 Å². The third-order valence-corrected chi connectivity index (χ3v) is 5.84. The van der Waals surface area contributed by atoms with Gasteiger partial charge in [0, 0.05) is 5.69 Å². The third-order valence-electron chi connectivity index (χ3n) is 5.84. The summed E-state index contributed by atoms with van der Waals surface area (Å²) < 4.78 is 5.93. The highest BCUT2D eigenvalue weighted by atomic mass is 16.5. The van der Waals surface area contributed by atoms with Gasteiger partial charge >= 0.3 is 0 Å². The summed E-state index contributed by atoms with van der Waals surface area (Å²) in [6.07, 6.45) is -0.103. The number of ether oxygens (including phenoxy) is 1. The van der Waals surface area contributed by atoms with E-state index in [1.807, 2.05) is 77.9 Å². The number of carbonyl (C=O) groups is 2. The monoisotopic (exact) mass is 454 g/mol. The molecule has 34 heavy (non-hydrogen) atoms. The van der Waals surface area contributed by atoms with Crippen molar-refractivity contribution < 1.29 is 14.3 Å². The van der Waals surface area contributed by atoms with E-state index in [-0.39, 0.29) is 17.7 Å². The second kappa shape index (κ2) is 9.18. The Morgan fingerprint density at radius 3 is 2.12 bits per heavy atom. The molecule has 0 aliphatic carbocycles. The van der Waals surface area contributed by atoms with Crippen LogP contribution in [0.2, 0.25) is 0 Å². The Morgan fingerprint density at radius 2 is 1.47 bits per heavy atom. The van der Waals surface area contributed by atoms with E-state index in [4.69, 9.17) is 4.74 Å². The first-order chi connectivity index (χ1) is 16.2. The van der Waals surface area contributed by atoms with Crippen LogP contribution in [0.4, 0.5) is 11.4 Å². The average molecular weight is 455 g/mol. The summed E-state index contributed by atoms with van der Waals surface area (Å²) >= 11 is 0. The van der Waals surface area contributed by atoms with Crippen LogP contribution in [0.3, 0.4) is 0 Å². The molecule has 174 valence electrons. The maximum atomic E-state index is 13.8. The molecule has 0 bridgehead atoms. The summed E-state index contributed by atoms with van der Waals surface area (Å²) in [4.78, 5) is 28.8. The van der Waals surface area contributed by atoms with Crippen molar-refractivity contribution in [3.05, 3.63) is 94.2 Å². The molecular weight excluding hydrogens is 424 g/mol. The molecule has 0 atom stereocenters. The molecule has 5 heteroatoms. The molecule has 0 saturated heterocycles. The molecule has 1 heterocycles. The Kier molecular flexibility index (Phi) is 6.29. The summed E-state index contributed by atoms with van der Waals surface area (Å²) in [5.41, 5.74) is 6.84. The normalized spacial score (nSPS) is 13.8. The Bertz CT molecular complexity index is 1300. The fourth-order valence-electron chi connectivity index (χ4n) is 4.22. The van der Waals surface area contributed by atoms with Gasteiger partial charge < -0.3 is 10.1 Å². The van der Waals surface area contributed by atoms with Crippen LogP contribution >= 0.6 is 0 Å². The number of imide groups is 1. The Balaban J connectivity index is 1.86. The Morgan fingerprint density at radius 1 is 0.794 bits per heavy atom. The fraction of sp³-hybridized carbons (Fsp3) is 0.241. The molecule has 1 aliphatic rings. The molecule has 5 nitrogen and oxygen atoms in total. The summed E-state index contributed by atoms with van der Waals surface area (Å²) in [6.45, 7) is 11.9. The van der Waals surface area contributed by atoms with Gasteiger partial charge in [-0.05, 0) is 93.6 Å². The fourth-order valence-corrected chi connectivity index (χ4v) is 4.22. The molecule has 1 aliphatic heterocycles. The van der Waals surface area contributed by atoms with Crippen molar-refractivity contribution in [2.45, 2.75) is 47.6 Å². The van der Waals surface area contributed by atoms with Crippen LogP contribution < -0.4 is 15.0 Å². The number of rotatable bonds is 6. The molecule has 3 aromatic rings. The SMILES string of the molecule is Cc1cc(C)cc(NC2=C(c3ccc(C)c(C)c3)C(=O)N(c3ccccc3OC(C)C)C2=O)c1. The molecule has 0 aromatic heterocycles. The first-order valence-corrected chi connectivity index (χ1v) is 11.5. The number of nitrogens with one attached hydrogen (secondary N) is 1. The van der Waals surface area contributed by atoms with Crippen LogP contribution in [0.5, 0.6) is 5.75 Å². The van der Waals surface area contributed by atoms with Gasteiger partial charge in [-0.1, -0.05) is 36.4 Å². The number of amides is 2. The zero-order valence-corrected chi connectivity index (χ0v) is 20.5. The van der Waals surface area contributed by atoms with Crippen molar-refractivity contribution in [2.75, 3.05) is 10.2 Å². The molecule has 0 unspecified atom stereocenters. The first-order valence-electron chi connectivity index (χ1n) is 11.5. The van der Waals surface area contributed by atoms with Gasteiger partial charge in [0.1, 0.15) is 11.4 Å². The number of carbonyl (C=O) groups excluding carboxylic acids is 2. The average Bonchev–Trinajstić information content (AvgIpc) is 2.99. The van der Waals surface area contributed by atoms with Gasteiger partial charge in [0.15, 0.2) is 0 Å². The maximum Gasteiger partial charge on any atom is 0.282 e. The largest absolute Gasteiger partial charge is 0.489 e. The molecule has 4 rings (SSSR count). The highest BCUT2D eigenvalue weighted by Crippen LogP contribution is 2.38. The molecule has 0 saturated carbocycles. The molecule has 0 fully saturated rings. The Hall–Kier alpha value is -3.86. The Labute approximate surface area is 201 Å². The second-order valence-corrected chi connectivity index (χ2v) is 9.13. The third kappa shape index (κ3) is 4.46. The summed E-state index contributed by atoms with van der Waals surface area (Å²) in [5, 5.41) is 3.27. The number of anilines is 2. The van der Waals surface area contributed by atoms with Gasteiger partial charge in [0.25, 0.3) is 11.8 Å². The molecule has 0 radical (unpaired) electrons. The van der Waals surface area contributed by atoms with E-state index in [0.29, 0.717) is 22.6 Å². The standard InChI is InChI=1S/C29H30N2O3/c1-17(2)34-25-10-8-7-9-24(25)31-28(32)26(22-12-11-20(5)21(6)16-22)27(29(31)33)30-23-14-18(3)13-19(4)15-23/h7-17,30H,1-6H3. The lowest BCUT2D eigenvalue weighted by Crippen LogP contribution is -2.33. The van der Waals surface area contributed by atoms with E-state index in [2.05, 4.69) is 11.4 Å². The zero-order chi connectivity index (χ0) is 24.6. The molecular formula is C29H30N2O3. The van der Waals surface area contributed by atoms with Gasteiger partial charge in [0.2, 0.25) is 0 Å². The topological polar surface area (TPSA) is 58.6 Å². The number of aryl methyl sites for hydroxylation is 4. The van der Waals surface area contributed by atoms with E-state index in [1.165, 1.54) is 4.90 Å². The van der Waals surface area contributed by atoms with Gasteiger partial charge in [-0.25, -0.2) is 4.90 Å². The summed E-state index contributed by atoms with van der Waals surface area (Å²) in [7, 11) is 0. The molecule has 1 N–H and O–H groups in total. The minimum atomic E-state index is -0.405. The van der Waals surface area contributed by atoms with Crippen LogP contribution in [0, 0.1) is 27.7 Å². The highest BCUT2D eigenvalue weighted by molar-refractivity contribution is 6.46. The predicted molar refractivity (Wildman–Crippen MR) is 137 cm³/mol. The minimum Gasteiger partial charge on any atom is -0.489 e. The van der Waals surface area contributed by atoms with Gasteiger partial charge in [0.05, 0.1) is 17.4 Å². The second-order valence-electron chi connectivity index (χ2n) is 9.13. The van der Waals surface area contributed by atoms with Crippen molar-refractivity contribution in [2.24, 2.45) is 0 Å². The first kappa shape index (κ1) is 23.3. The van der Waals surface area contributed by atoms with E-state index in [9.17, 15) is 9.59 Å². The summed E-state index contributed by atoms with van der Waals surface area (Å²) in [6, 6.07) is 19.0. The number of hydrogen-bond acceptors (Lipinski definition) is 4. The maximum absolute atomic E-state index is 13.8. The predicted octanol–water partition coefficient (Wildman–Crippen LogP) is 6.10. The van der Waals surface area contributed by atoms with Crippen molar-refractivity contribution in [3.63, 3.8) is 0 Å². The van der Waals surface area contributed by atoms with Crippen LogP contribution in [0.15, 0.2) is 66.4 Å². The minimum absolute atomic E-state index is 0.103. The van der Waals surface area contributed by atoms with Crippen molar-refractivity contribution in [1.29, 1.82) is 0 Å². The smallest absolute Gasteiger partial charge is 0.282 e. The zero-order valence-electron chi connectivity index (χ0n) is 20.5. The van der Waals surface area contributed by atoms with Crippen LogP contribution in [-0.4, -0.2) is 17.9 Å². The number of benzene rings is 3. The van der Waals surface area contributed by atoms with Crippen molar-refractivity contribution >= 4 is 28.8 Å². The number of nitrogens with zero attached hydrogens (tertiary/aromatic N) is 1. The quantitative estimate of drug-likeness (QED) is 0.457. The van der Waals surface area contributed by atoms with Gasteiger partial charge in [-0.3, -0.25) is 9.59 Å². The summed E-state index contributed by atoms with van der Waals surface area (Å²) in [5.74, 6) is -0.289. The van der Waals surface area contributed by atoms with Crippen molar-refractivity contribution in [1.82, 2.24) is 0 Å².